The van der Waals surface area contributed by atoms with E-state index in [9.17, 15) is 14.4 Å². The first-order valence-corrected chi connectivity index (χ1v) is 12.7. The molecule has 1 aromatic heterocycles. The summed E-state index contributed by atoms with van der Waals surface area (Å²) in [6.45, 7) is 7.19. The summed E-state index contributed by atoms with van der Waals surface area (Å²) in [5.41, 5.74) is 1.33. The minimum atomic E-state index is -1.05. The molecule has 3 amide bonds. The Morgan fingerprint density at radius 2 is 1.68 bits per heavy atom. The highest BCUT2D eigenvalue weighted by Crippen LogP contribution is 2.35. The summed E-state index contributed by atoms with van der Waals surface area (Å²) in [7, 11) is 3.04. The Balaban J connectivity index is 2.10. The van der Waals surface area contributed by atoms with Crippen LogP contribution >= 0.6 is 11.3 Å². The number of benzene rings is 2. The number of nitrogens with one attached hydrogen (secondary N) is 2. The minimum absolute atomic E-state index is 0.294. The lowest BCUT2D eigenvalue weighted by molar-refractivity contribution is -0.127. The summed E-state index contributed by atoms with van der Waals surface area (Å²) >= 11 is 1.29. The summed E-state index contributed by atoms with van der Waals surface area (Å²) in [6, 6.07) is 14.8. The fourth-order valence-corrected chi connectivity index (χ4v) is 4.51. The molecule has 0 aliphatic heterocycles. The van der Waals surface area contributed by atoms with Crippen molar-refractivity contribution in [1.82, 2.24) is 10.6 Å². The number of methoxy groups -OCH3 is 2. The number of aryl methyl sites for hydroxylation is 1. The van der Waals surface area contributed by atoms with Gasteiger partial charge in [0.2, 0.25) is 11.8 Å². The monoisotopic (exact) mass is 523 g/mol. The maximum atomic E-state index is 13.8. The van der Waals surface area contributed by atoms with Gasteiger partial charge in [-0.1, -0.05) is 30.3 Å². The van der Waals surface area contributed by atoms with E-state index in [-0.39, 0.29) is 18.4 Å². The first-order chi connectivity index (χ1) is 17.6. The number of ether oxygens (including phenoxy) is 2. The van der Waals surface area contributed by atoms with Gasteiger partial charge in [-0.3, -0.25) is 19.3 Å². The molecule has 1 atom stereocenters. The molecule has 1 heterocycles. The predicted octanol–water partition coefficient (Wildman–Crippen LogP) is 4.49. The molecule has 0 aliphatic carbocycles. The van der Waals surface area contributed by atoms with Crippen molar-refractivity contribution in [3.05, 3.63) is 76.0 Å². The first kappa shape index (κ1) is 27.7. The Labute approximate surface area is 221 Å². The minimum Gasteiger partial charge on any atom is -0.493 e. The highest BCUT2D eigenvalue weighted by molar-refractivity contribution is 7.12. The van der Waals surface area contributed by atoms with E-state index in [2.05, 4.69) is 10.6 Å². The zero-order chi connectivity index (χ0) is 27.2. The largest absolute Gasteiger partial charge is 0.493 e. The van der Waals surface area contributed by atoms with Crippen LogP contribution in [0.4, 0.5) is 5.69 Å². The molecule has 2 N–H and O–H groups in total. The van der Waals surface area contributed by atoms with Crippen molar-refractivity contribution in [2.24, 2.45) is 0 Å². The van der Waals surface area contributed by atoms with Gasteiger partial charge in [0.15, 0.2) is 11.5 Å². The van der Waals surface area contributed by atoms with Gasteiger partial charge in [0, 0.05) is 11.2 Å². The van der Waals surface area contributed by atoms with Gasteiger partial charge in [0.25, 0.3) is 5.91 Å². The number of thiophene rings is 1. The molecule has 0 bridgehead atoms. The van der Waals surface area contributed by atoms with Crippen LogP contribution in [0.2, 0.25) is 0 Å². The molecule has 196 valence electrons. The lowest BCUT2D eigenvalue weighted by Gasteiger charge is -2.34. The van der Waals surface area contributed by atoms with Gasteiger partial charge in [0.05, 0.1) is 25.6 Å². The maximum absolute atomic E-state index is 13.8. The third-order valence-corrected chi connectivity index (χ3v) is 6.39. The van der Waals surface area contributed by atoms with Crippen LogP contribution < -0.4 is 25.0 Å². The summed E-state index contributed by atoms with van der Waals surface area (Å²) < 4.78 is 10.9. The summed E-state index contributed by atoms with van der Waals surface area (Å²) in [4.78, 5) is 42.1. The van der Waals surface area contributed by atoms with Crippen LogP contribution in [0.15, 0.2) is 60.0 Å². The lowest BCUT2D eigenvalue weighted by Crippen LogP contribution is -2.51. The first-order valence-electron chi connectivity index (χ1n) is 11.8. The molecule has 3 aromatic rings. The molecule has 3 rings (SSSR count). The molecule has 0 aliphatic rings. The van der Waals surface area contributed by atoms with Crippen molar-refractivity contribution in [1.29, 1.82) is 0 Å². The smallest absolute Gasteiger partial charge is 0.261 e. The van der Waals surface area contributed by atoms with Gasteiger partial charge in [-0.15, -0.1) is 11.3 Å². The Morgan fingerprint density at radius 3 is 2.27 bits per heavy atom. The maximum Gasteiger partial charge on any atom is 0.261 e. The molecular weight excluding hydrogens is 490 g/mol. The van der Waals surface area contributed by atoms with Gasteiger partial charge >= 0.3 is 0 Å². The van der Waals surface area contributed by atoms with E-state index in [1.807, 2.05) is 39.8 Å². The number of rotatable bonds is 9. The molecule has 0 unspecified atom stereocenters. The second-order valence-corrected chi connectivity index (χ2v) is 10.4. The third-order valence-electron chi connectivity index (χ3n) is 5.52. The zero-order valence-electron chi connectivity index (χ0n) is 22.0. The van der Waals surface area contributed by atoms with Crippen LogP contribution in [-0.2, 0) is 9.59 Å². The fourth-order valence-electron chi connectivity index (χ4n) is 3.87. The second kappa shape index (κ2) is 11.9. The number of hydrogen-bond donors (Lipinski definition) is 2. The van der Waals surface area contributed by atoms with Gasteiger partial charge < -0.3 is 20.1 Å². The summed E-state index contributed by atoms with van der Waals surface area (Å²) in [6.07, 6.45) is 0. The van der Waals surface area contributed by atoms with Gasteiger partial charge in [0.1, 0.15) is 6.04 Å². The van der Waals surface area contributed by atoms with Crippen LogP contribution in [-0.4, -0.2) is 44.0 Å². The van der Waals surface area contributed by atoms with Crippen molar-refractivity contribution in [2.75, 3.05) is 25.7 Å². The van der Waals surface area contributed by atoms with E-state index in [0.717, 1.165) is 5.56 Å². The number of para-hydroxylation sites is 1. The van der Waals surface area contributed by atoms with Gasteiger partial charge in [-0.05, 0) is 68.5 Å². The quantitative estimate of drug-likeness (QED) is 0.431. The van der Waals surface area contributed by atoms with Crippen molar-refractivity contribution >= 4 is 34.7 Å². The topological polar surface area (TPSA) is 97.0 Å². The molecule has 0 spiro atoms. The van der Waals surface area contributed by atoms with Crippen molar-refractivity contribution in [3.8, 4) is 11.5 Å². The van der Waals surface area contributed by atoms with E-state index in [0.29, 0.717) is 27.6 Å². The molecule has 0 saturated carbocycles. The van der Waals surface area contributed by atoms with Crippen LogP contribution in [0.3, 0.4) is 0 Å². The average Bonchev–Trinajstić information content (AvgIpc) is 3.40. The highest BCUT2D eigenvalue weighted by Gasteiger charge is 2.35. The molecule has 0 fully saturated rings. The van der Waals surface area contributed by atoms with E-state index >= 15 is 0 Å². The van der Waals surface area contributed by atoms with Crippen molar-refractivity contribution in [2.45, 2.75) is 39.3 Å². The van der Waals surface area contributed by atoms with Gasteiger partial charge in [-0.25, -0.2) is 0 Å². The number of nitrogens with zero attached hydrogens (tertiary/aromatic N) is 1. The lowest BCUT2D eigenvalue weighted by atomic mass is 9.99. The number of anilines is 1. The molecule has 2 aromatic carbocycles. The molecule has 0 saturated heterocycles. The van der Waals surface area contributed by atoms with Crippen LogP contribution in [0.5, 0.6) is 11.5 Å². The summed E-state index contributed by atoms with van der Waals surface area (Å²) in [5.74, 6) is -0.242. The van der Waals surface area contributed by atoms with E-state index in [1.54, 1.807) is 47.8 Å². The van der Waals surface area contributed by atoms with Crippen LogP contribution in [0.25, 0.3) is 0 Å². The highest BCUT2D eigenvalue weighted by atomic mass is 32.1. The predicted molar refractivity (Wildman–Crippen MR) is 145 cm³/mol. The van der Waals surface area contributed by atoms with Crippen molar-refractivity contribution < 1.29 is 23.9 Å². The standard InChI is InChI=1S/C28H33N3O5S/c1-18-10-7-8-11-20(18)31(24(32)17-29-26(33)23-12-9-15-37-23)25(27(34)30-28(2,3)4)19-13-14-21(35-5)22(16-19)36-6/h7-16,25H,17H2,1-6H3,(H,29,33)(H,30,34)/t25-/m1/s1. The zero-order valence-corrected chi connectivity index (χ0v) is 22.8. The van der Waals surface area contributed by atoms with Gasteiger partial charge in [-0.2, -0.15) is 0 Å². The Morgan fingerprint density at radius 1 is 0.973 bits per heavy atom. The molecule has 37 heavy (non-hydrogen) atoms. The fraction of sp³-hybridized carbons (Fsp3) is 0.321. The summed E-state index contributed by atoms with van der Waals surface area (Å²) in [5, 5.41) is 7.49. The van der Waals surface area contributed by atoms with E-state index in [4.69, 9.17) is 9.47 Å². The second-order valence-electron chi connectivity index (χ2n) is 9.47. The number of carbonyl (C=O) groups excluding carboxylic acids is 3. The van der Waals surface area contributed by atoms with Crippen LogP contribution in [0, 0.1) is 6.92 Å². The Bertz CT molecular complexity index is 1250. The van der Waals surface area contributed by atoms with E-state index < -0.39 is 17.5 Å². The molecule has 8 nitrogen and oxygen atoms in total. The third kappa shape index (κ3) is 6.89. The SMILES string of the molecule is COc1ccc([C@H](C(=O)NC(C)(C)C)N(C(=O)CNC(=O)c2cccs2)c2ccccc2C)cc1OC. The van der Waals surface area contributed by atoms with Crippen LogP contribution in [0.1, 0.15) is 47.6 Å². The molecule has 9 heteroatoms. The Kier molecular flexibility index (Phi) is 8.94. The average molecular weight is 524 g/mol. The number of carbonyl (C=O) groups is 3. The molecular formula is C28H33N3O5S. The van der Waals surface area contributed by atoms with Crippen molar-refractivity contribution in [3.63, 3.8) is 0 Å². The Hall–Kier alpha value is -3.85. The van der Waals surface area contributed by atoms with E-state index in [1.165, 1.54) is 30.5 Å². The number of hydrogen-bond acceptors (Lipinski definition) is 6. The molecule has 0 radical (unpaired) electrons. The normalized spacial score (nSPS) is 11.8. The number of amides is 3.